The number of aryl methyl sites for hydroxylation is 3. The Balaban J connectivity index is 0.000000228. The number of benzene rings is 3. The van der Waals surface area contributed by atoms with Gasteiger partial charge in [-0.15, -0.1) is 11.6 Å². The van der Waals surface area contributed by atoms with E-state index in [0.717, 1.165) is 6.42 Å². The number of hydrogen-bond donors (Lipinski definition) is 0. The Hall–Kier alpha value is -2.18. The molecular weight excluding hydrogens is 703 g/mol. The number of halogens is 2. The van der Waals surface area contributed by atoms with E-state index in [9.17, 15) is 0 Å². The van der Waals surface area contributed by atoms with Crippen molar-refractivity contribution in [3.63, 3.8) is 0 Å². The molecule has 7 rings (SSSR count). The van der Waals surface area contributed by atoms with Gasteiger partial charge in [-0.3, -0.25) is 6.08 Å². The van der Waals surface area contributed by atoms with E-state index in [-0.39, 0.29) is 35.6 Å². The van der Waals surface area contributed by atoms with Crippen molar-refractivity contribution in [2.24, 2.45) is 0 Å². The van der Waals surface area contributed by atoms with Gasteiger partial charge in [-0.1, -0.05) is 98.3 Å². The molecule has 0 fully saturated rings. The summed E-state index contributed by atoms with van der Waals surface area (Å²) in [4.78, 5) is 0. The molecule has 0 aromatic heterocycles. The van der Waals surface area contributed by atoms with Crippen LogP contribution >= 0.6 is 0 Å². The largest absolute Gasteiger partial charge is 1.00 e. The summed E-state index contributed by atoms with van der Waals surface area (Å²) in [5, 5.41) is 0. The van der Waals surface area contributed by atoms with Crippen molar-refractivity contribution in [3.05, 3.63) is 134 Å². The topological polar surface area (TPSA) is 0 Å². The molecule has 0 saturated heterocycles. The molecule has 48 heavy (non-hydrogen) atoms. The molecule has 3 heteroatoms. The van der Waals surface area contributed by atoms with Gasteiger partial charge in [0.15, 0.2) is 0 Å². The summed E-state index contributed by atoms with van der Waals surface area (Å²) < 4.78 is 1.46. The predicted molar refractivity (Wildman–Crippen MR) is 198 cm³/mol. The molecule has 0 aliphatic heterocycles. The Morgan fingerprint density at radius 1 is 0.750 bits per heavy atom. The van der Waals surface area contributed by atoms with E-state index in [0.29, 0.717) is 5.41 Å². The molecular formula is C45H52Cl2Zr-2. The average Bonchev–Trinajstić information content (AvgIpc) is 3.62. The fraction of sp³-hybridized carbons (Fsp3) is 0.378. The molecule has 0 spiro atoms. The van der Waals surface area contributed by atoms with Crippen LogP contribution in [0.2, 0.25) is 0 Å². The Bertz CT molecular complexity index is 1820. The SMILES string of the molecule is CC1=[C-]C(C)(C)c2cc3c(cc21)-c1cc2c(cc1C3)C(C)(C)C=C2C.C[C](=[Zr+2])c1ccc(C)cc1.Cc1cc(C(C)(C)C)c(C)[cH-]1.[Cl-].[Cl-]. The van der Waals surface area contributed by atoms with Gasteiger partial charge in [-0.25, -0.2) is 11.6 Å². The summed E-state index contributed by atoms with van der Waals surface area (Å²) in [6, 6.07) is 23.0. The van der Waals surface area contributed by atoms with Gasteiger partial charge < -0.3 is 24.8 Å². The molecule has 0 N–H and O–H groups in total. The summed E-state index contributed by atoms with van der Waals surface area (Å²) in [5.41, 5.74) is 21.9. The Morgan fingerprint density at radius 2 is 1.29 bits per heavy atom. The Kier molecular flexibility index (Phi) is 12.2. The molecule has 0 heterocycles. The van der Waals surface area contributed by atoms with Crippen LogP contribution in [0.25, 0.3) is 22.3 Å². The second-order valence-electron chi connectivity index (χ2n) is 16.1. The molecule has 3 aliphatic carbocycles. The van der Waals surface area contributed by atoms with E-state index >= 15 is 0 Å². The zero-order valence-corrected chi connectivity index (χ0v) is 35.3. The van der Waals surface area contributed by atoms with Crippen LogP contribution in [0.1, 0.15) is 130 Å². The van der Waals surface area contributed by atoms with E-state index in [2.05, 4.69) is 163 Å². The fourth-order valence-corrected chi connectivity index (χ4v) is 8.10. The maximum Gasteiger partial charge on any atom is -0.0632 e. The van der Waals surface area contributed by atoms with E-state index in [1.807, 2.05) is 0 Å². The van der Waals surface area contributed by atoms with Crippen LogP contribution in [-0.2, 0) is 46.9 Å². The summed E-state index contributed by atoms with van der Waals surface area (Å²) in [6.07, 6.45) is 7.13. The third kappa shape index (κ3) is 8.06. The summed E-state index contributed by atoms with van der Waals surface area (Å²) in [6.45, 7) is 29.1. The van der Waals surface area contributed by atoms with Crippen molar-refractivity contribution in [2.75, 3.05) is 0 Å². The molecule has 4 aromatic rings. The first-order chi connectivity index (χ1) is 21.3. The van der Waals surface area contributed by atoms with Gasteiger partial charge in [-0.05, 0) is 58.4 Å². The fourth-order valence-electron chi connectivity index (χ4n) is 7.69. The molecule has 0 atom stereocenters. The van der Waals surface area contributed by atoms with Crippen LogP contribution < -0.4 is 24.8 Å². The number of fused-ring (bicyclic) bond motifs is 5. The maximum atomic E-state index is 3.65. The van der Waals surface area contributed by atoms with Gasteiger partial charge in [0, 0.05) is 5.41 Å². The van der Waals surface area contributed by atoms with Crippen LogP contribution in [0.15, 0.2) is 66.7 Å². The van der Waals surface area contributed by atoms with Crippen molar-refractivity contribution in [3.8, 4) is 11.1 Å². The van der Waals surface area contributed by atoms with E-state index in [1.54, 1.807) is 0 Å². The second kappa shape index (κ2) is 14.6. The van der Waals surface area contributed by atoms with Crippen molar-refractivity contribution in [1.29, 1.82) is 0 Å². The van der Waals surface area contributed by atoms with Crippen molar-refractivity contribution in [2.45, 2.75) is 113 Å². The maximum absolute atomic E-state index is 3.65. The minimum atomic E-state index is 0. The molecule has 4 aromatic carbocycles. The minimum Gasteiger partial charge on any atom is -1.00 e. The Morgan fingerprint density at radius 3 is 1.77 bits per heavy atom. The van der Waals surface area contributed by atoms with Crippen LogP contribution in [-0.4, -0.2) is 3.21 Å². The van der Waals surface area contributed by atoms with Gasteiger partial charge in [0.2, 0.25) is 0 Å². The first kappa shape index (κ1) is 40.3. The molecule has 0 nitrogen and oxygen atoms in total. The van der Waals surface area contributed by atoms with Gasteiger partial charge in [0.1, 0.15) is 0 Å². The average molecular weight is 755 g/mol. The number of rotatable bonds is 1. The van der Waals surface area contributed by atoms with Crippen LogP contribution in [0.5, 0.6) is 0 Å². The summed E-state index contributed by atoms with van der Waals surface area (Å²) >= 11 is 1.51. The van der Waals surface area contributed by atoms with Crippen LogP contribution in [0.4, 0.5) is 0 Å². The van der Waals surface area contributed by atoms with Gasteiger partial charge in [-0.2, -0.15) is 28.3 Å². The minimum absolute atomic E-state index is 0. The van der Waals surface area contributed by atoms with E-state index in [4.69, 9.17) is 0 Å². The monoisotopic (exact) mass is 752 g/mol. The quantitative estimate of drug-likeness (QED) is 0.188. The first-order valence-electron chi connectivity index (χ1n) is 16.8. The normalized spacial score (nSPS) is 15.5. The first-order valence-corrected chi connectivity index (χ1v) is 18.0. The summed E-state index contributed by atoms with van der Waals surface area (Å²) in [5.74, 6) is 0. The van der Waals surface area contributed by atoms with E-state index < -0.39 is 0 Å². The molecule has 0 amide bonds. The molecule has 0 radical (unpaired) electrons. The standard InChI is InChI=1S/C25H25.C11H17.C9H10.2ClH.Zr/c1-14-12-24(3,4)22-8-16-7-17-9-23-19(15(2)13-25(23,5)6)11-21(17)20(16)10-18(14)22;1-8-6-9(2)10(7-8)11(3,4)5;1-3-9-6-4-8(2)5-7-9;;;/h8-12H,7H2,1-6H3;6-7H,1-5H3;4-7H,1-2H3;2*1H;/q2*-1;;;;+2/p-2. The molecule has 0 bridgehead atoms. The second-order valence-corrected chi connectivity index (χ2v) is 17.9. The summed E-state index contributed by atoms with van der Waals surface area (Å²) in [7, 11) is 0. The van der Waals surface area contributed by atoms with Gasteiger partial charge >= 0.3 is 76.7 Å². The smallest absolute Gasteiger partial charge is 0.0632 e. The van der Waals surface area contributed by atoms with Crippen molar-refractivity contribution in [1.82, 2.24) is 0 Å². The Labute approximate surface area is 319 Å². The number of allylic oxidation sites excluding steroid dienone is 4. The predicted octanol–water partition coefficient (Wildman–Crippen LogP) is 5.86. The zero-order valence-electron chi connectivity index (χ0n) is 31.3. The molecule has 3 aliphatic rings. The van der Waals surface area contributed by atoms with Crippen LogP contribution in [0, 0.1) is 26.8 Å². The third-order valence-electron chi connectivity index (χ3n) is 9.97. The third-order valence-corrected chi connectivity index (χ3v) is 10.7. The molecule has 0 saturated carbocycles. The van der Waals surface area contributed by atoms with Gasteiger partial charge in [0.05, 0.1) is 0 Å². The number of hydrogen-bond acceptors (Lipinski definition) is 0. The van der Waals surface area contributed by atoms with Crippen molar-refractivity contribution >= 4 is 14.4 Å². The van der Waals surface area contributed by atoms with Gasteiger partial charge in [0.25, 0.3) is 0 Å². The molecule has 252 valence electrons. The van der Waals surface area contributed by atoms with Crippen LogP contribution in [0.3, 0.4) is 0 Å². The van der Waals surface area contributed by atoms with E-state index in [1.165, 1.54) is 111 Å². The van der Waals surface area contributed by atoms with Crippen molar-refractivity contribution < 1.29 is 49.0 Å². The zero-order chi connectivity index (χ0) is 33.9. The molecule has 0 unspecified atom stereocenters.